The molecule has 0 spiro atoms. The molecule has 0 saturated carbocycles. The summed E-state index contributed by atoms with van der Waals surface area (Å²) < 4.78 is 5.16. The van der Waals surface area contributed by atoms with Crippen LogP contribution in [0.1, 0.15) is 12.8 Å². The number of rotatable bonds is 3. The first-order valence-corrected chi connectivity index (χ1v) is 4.98. The van der Waals surface area contributed by atoms with E-state index in [4.69, 9.17) is 10.5 Å². The standard InChI is InChI=1S/C9H12N2O5/c10-7(13)4(12)3-11-8(14)5-1-2-6(16-5)9(11)15/h4-6,12H,1-3H2,(H2,10,13). The third-order valence-corrected chi connectivity index (χ3v) is 2.79. The van der Waals surface area contributed by atoms with Crippen molar-refractivity contribution >= 4 is 17.7 Å². The van der Waals surface area contributed by atoms with E-state index < -0.39 is 36.0 Å². The van der Waals surface area contributed by atoms with Gasteiger partial charge in [-0.1, -0.05) is 0 Å². The summed E-state index contributed by atoms with van der Waals surface area (Å²) in [7, 11) is 0. The van der Waals surface area contributed by atoms with Crippen molar-refractivity contribution in [2.75, 3.05) is 6.54 Å². The van der Waals surface area contributed by atoms with E-state index in [1.807, 2.05) is 0 Å². The minimum atomic E-state index is -1.52. The van der Waals surface area contributed by atoms with E-state index >= 15 is 0 Å². The van der Waals surface area contributed by atoms with Crippen LogP contribution in [0.5, 0.6) is 0 Å². The minimum Gasteiger partial charge on any atom is -0.381 e. The molecule has 2 rings (SSSR count). The van der Waals surface area contributed by atoms with Crippen LogP contribution in [-0.2, 0) is 19.1 Å². The van der Waals surface area contributed by atoms with Gasteiger partial charge in [0.1, 0.15) is 12.2 Å². The van der Waals surface area contributed by atoms with Crippen molar-refractivity contribution in [3.63, 3.8) is 0 Å². The number of aliphatic hydroxyl groups is 1. The Hall–Kier alpha value is -1.47. The second-order valence-electron chi connectivity index (χ2n) is 3.90. The molecule has 2 aliphatic heterocycles. The van der Waals surface area contributed by atoms with Gasteiger partial charge in [0.05, 0.1) is 6.54 Å². The largest absolute Gasteiger partial charge is 0.381 e. The molecule has 88 valence electrons. The summed E-state index contributed by atoms with van der Waals surface area (Å²) in [4.78, 5) is 34.9. The van der Waals surface area contributed by atoms with Crippen LogP contribution in [0.25, 0.3) is 0 Å². The number of β-amino-alcohol motifs (C(OH)–C–C–N with tert-alkyl or cyclic N) is 1. The summed E-state index contributed by atoms with van der Waals surface area (Å²) in [6, 6.07) is 0. The van der Waals surface area contributed by atoms with Gasteiger partial charge in [-0.15, -0.1) is 0 Å². The molecule has 0 aromatic heterocycles. The van der Waals surface area contributed by atoms with E-state index in [0.29, 0.717) is 12.8 Å². The summed E-state index contributed by atoms with van der Waals surface area (Å²) in [5.41, 5.74) is 4.86. The molecule has 3 N–H and O–H groups in total. The zero-order valence-electron chi connectivity index (χ0n) is 8.46. The van der Waals surface area contributed by atoms with Crippen LogP contribution in [0.4, 0.5) is 0 Å². The molecule has 16 heavy (non-hydrogen) atoms. The van der Waals surface area contributed by atoms with Crippen LogP contribution in [0.2, 0.25) is 0 Å². The fourth-order valence-corrected chi connectivity index (χ4v) is 1.90. The lowest BCUT2D eigenvalue weighted by Crippen LogP contribution is -2.55. The predicted molar refractivity (Wildman–Crippen MR) is 49.8 cm³/mol. The zero-order valence-corrected chi connectivity index (χ0v) is 8.46. The first-order valence-electron chi connectivity index (χ1n) is 4.98. The summed E-state index contributed by atoms with van der Waals surface area (Å²) >= 11 is 0. The minimum absolute atomic E-state index is 0.386. The Balaban J connectivity index is 2.11. The van der Waals surface area contributed by atoms with Crippen LogP contribution in [0, 0.1) is 0 Å². The lowest BCUT2D eigenvalue weighted by atomic mass is 10.2. The van der Waals surface area contributed by atoms with Crippen molar-refractivity contribution in [2.24, 2.45) is 5.73 Å². The van der Waals surface area contributed by atoms with Gasteiger partial charge < -0.3 is 15.6 Å². The van der Waals surface area contributed by atoms with Gasteiger partial charge in [0, 0.05) is 0 Å². The molecule has 7 nitrogen and oxygen atoms in total. The maximum Gasteiger partial charge on any atom is 0.258 e. The number of aliphatic hydroxyl groups excluding tert-OH is 1. The van der Waals surface area contributed by atoms with Gasteiger partial charge in [0.15, 0.2) is 6.10 Å². The number of carbonyl (C=O) groups is 3. The Bertz CT molecular complexity index is 334. The van der Waals surface area contributed by atoms with Gasteiger partial charge in [-0.3, -0.25) is 19.3 Å². The molecule has 0 aliphatic carbocycles. The molecule has 2 heterocycles. The van der Waals surface area contributed by atoms with E-state index in [-0.39, 0.29) is 6.54 Å². The van der Waals surface area contributed by atoms with Gasteiger partial charge in [-0.25, -0.2) is 0 Å². The number of fused-ring (bicyclic) bond motifs is 2. The SMILES string of the molecule is NC(=O)C(O)CN1C(=O)C2CCC(O2)C1=O. The molecule has 3 unspecified atom stereocenters. The van der Waals surface area contributed by atoms with Crippen molar-refractivity contribution in [2.45, 2.75) is 31.2 Å². The monoisotopic (exact) mass is 228 g/mol. The number of likely N-dealkylation sites (tertiary alicyclic amines) is 1. The molecular formula is C9H12N2O5. The Morgan fingerprint density at radius 3 is 2.38 bits per heavy atom. The summed E-state index contributed by atoms with van der Waals surface area (Å²) in [5, 5.41) is 9.25. The third-order valence-electron chi connectivity index (χ3n) is 2.79. The first kappa shape index (κ1) is 11.0. The summed E-state index contributed by atoms with van der Waals surface area (Å²) in [6.45, 7) is -0.386. The van der Waals surface area contributed by atoms with Crippen LogP contribution >= 0.6 is 0 Å². The highest BCUT2D eigenvalue weighted by molar-refractivity contribution is 6.02. The van der Waals surface area contributed by atoms with Crippen molar-refractivity contribution in [3.05, 3.63) is 0 Å². The van der Waals surface area contributed by atoms with Crippen molar-refractivity contribution < 1.29 is 24.2 Å². The van der Waals surface area contributed by atoms with E-state index in [1.165, 1.54) is 0 Å². The predicted octanol–water partition coefficient (Wildman–Crippen LogP) is -2.25. The van der Waals surface area contributed by atoms with E-state index in [2.05, 4.69) is 0 Å². The smallest absolute Gasteiger partial charge is 0.258 e. The number of amides is 3. The first-order chi connectivity index (χ1) is 7.50. The number of primary amides is 1. The summed E-state index contributed by atoms with van der Waals surface area (Å²) in [5.74, 6) is -1.96. The van der Waals surface area contributed by atoms with Crippen molar-refractivity contribution in [1.29, 1.82) is 0 Å². The molecule has 2 saturated heterocycles. The number of hydrogen-bond donors (Lipinski definition) is 2. The Kier molecular flexibility index (Phi) is 2.64. The zero-order chi connectivity index (χ0) is 11.9. The van der Waals surface area contributed by atoms with Gasteiger partial charge in [0.25, 0.3) is 11.8 Å². The molecule has 2 fully saturated rings. The molecule has 0 aromatic carbocycles. The van der Waals surface area contributed by atoms with E-state index in [0.717, 1.165) is 4.90 Å². The van der Waals surface area contributed by atoms with Crippen LogP contribution in [0.15, 0.2) is 0 Å². The van der Waals surface area contributed by atoms with Gasteiger partial charge in [0.2, 0.25) is 5.91 Å². The number of imide groups is 1. The molecule has 3 atom stereocenters. The maximum atomic E-state index is 11.7. The molecule has 2 bridgehead atoms. The highest BCUT2D eigenvalue weighted by Crippen LogP contribution is 2.28. The van der Waals surface area contributed by atoms with Gasteiger partial charge >= 0.3 is 0 Å². The second-order valence-corrected chi connectivity index (χ2v) is 3.90. The van der Waals surface area contributed by atoms with Gasteiger partial charge in [-0.05, 0) is 12.8 Å². The highest BCUT2D eigenvalue weighted by atomic mass is 16.5. The fraction of sp³-hybridized carbons (Fsp3) is 0.667. The molecule has 0 aromatic rings. The quantitative estimate of drug-likeness (QED) is 0.530. The van der Waals surface area contributed by atoms with Crippen LogP contribution in [-0.4, -0.2) is 52.6 Å². The Morgan fingerprint density at radius 1 is 1.44 bits per heavy atom. The topological polar surface area (TPSA) is 110 Å². The average molecular weight is 228 g/mol. The second kappa shape index (κ2) is 3.84. The molecule has 2 aliphatic rings. The number of nitrogens with two attached hydrogens (primary N) is 1. The number of hydrogen-bond acceptors (Lipinski definition) is 5. The van der Waals surface area contributed by atoms with Crippen LogP contribution < -0.4 is 5.73 Å². The van der Waals surface area contributed by atoms with Gasteiger partial charge in [-0.2, -0.15) is 0 Å². The van der Waals surface area contributed by atoms with Crippen LogP contribution in [0.3, 0.4) is 0 Å². The molecule has 0 radical (unpaired) electrons. The molecule has 7 heteroatoms. The maximum absolute atomic E-state index is 11.7. The number of morpholine rings is 1. The lowest BCUT2D eigenvalue weighted by Gasteiger charge is -2.30. The Morgan fingerprint density at radius 2 is 1.94 bits per heavy atom. The Labute approximate surface area is 91.1 Å². The highest BCUT2D eigenvalue weighted by Gasteiger charge is 2.47. The number of ether oxygens (including phenoxy) is 1. The lowest BCUT2D eigenvalue weighted by molar-refractivity contribution is -0.170. The van der Waals surface area contributed by atoms with Crippen molar-refractivity contribution in [3.8, 4) is 0 Å². The summed E-state index contributed by atoms with van der Waals surface area (Å²) in [6.07, 6.45) is -1.77. The van der Waals surface area contributed by atoms with E-state index in [1.54, 1.807) is 0 Å². The average Bonchev–Trinajstić information content (AvgIpc) is 2.68. The fourth-order valence-electron chi connectivity index (χ4n) is 1.90. The van der Waals surface area contributed by atoms with Crippen molar-refractivity contribution in [1.82, 2.24) is 4.90 Å². The normalized spacial score (nSPS) is 30.7. The molecular weight excluding hydrogens is 216 g/mol. The third kappa shape index (κ3) is 1.68. The van der Waals surface area contributed by atoms with E-state index in [9.17, 15) is 19.5 Å². The molecule has 3 amide bonds. The number of nitrogens with zero attached hydrogens (tertiary/aromatic N) is 1. The number of carbonyl (C=O) groups excluding carboxylic acids is 3.